The van der Waals surface area contributed by atoms with Crippen LogP contribution in [0.15, 0.2) is 140 Å². The maximum atomic E-state index is 5.22. The molecule has 0 radical (unpaired) electrons. The second-order valence-electron chi connectivity index (χ2n) is 14.1. The highest BCUT2D eigenvalue weighted by Crippen LogP contribution is 2.54. The van der Waals surface area contributed by atoms with Crippen molar-refractivity contribution in [1.29, 1.82) is 0 Å². The topological polar surface area (TPSA) is 38.7 Å². The van der Waals surface area contributed by atoms with Crippen molar-refractivity contribution in [2.75, 3.05) is 0 Å². The summed E-state index contributed by atoms with van der Waals surface area (Å²) in [4.78, 5) is 15.4. The Bertz CT molecular complexity index is 2330. The maximum Gasteiger partial charge on any atom is 0.164 e. The molecule has 1 aromatic heterocycles. The second kappa shape index (κ2) is 10.4. The van der Waals surface area contributed by atoms with Gasteiger partial charge in [-0.1, -0.05) is 149 Å². The summed E-state index contributed by atoms with van der Waals surface area (Å²) < 4.78 is 0. The predicted molar refractivity (Wildman–Crippen MR) is 197 cm³/mol. The van der Waals surface area contributed by atoms with E-state index < -0.39 is 0 Å². The molecule has 9 rings (SSSR count). The number of hydrogen-bond donors (Lipinski definition) is 0. The van der Waals surface area contributed by atoms with Gasteiger partial charge >= 0.3 is 0 Å². The minimum atomic E-state index is -0.194. The fourth-order valence-corrected chi connectivity index (χ4v) is 7.97. The molecular weight excluding hydrogens is 583 g/mol. The average molecular weight is 618 g/mol. The largest absolute Gasteiger partial charge is 0.208 e. The molecule has 0 amide bonds. The van der Waals surface area contributed by atoms with Crippen LogP contribution in [0.4, 0.5) is 0 Å². The number of rotatable bonds is 4. The number of benzene rings is 6. The quantitative estimate of drug-likeness (QED) is 0.197. The van der Waals surface area contributed by atoms with E-state index >= 15 is 0 Å². The van der Waals surface area contributed by atoms with Gasteiger partial charge in [-0.2, -0.15) is 0 Å². The molecule has 7 aromatic rings. The van der Waals surface area contributed by atoms with Crippen LogP contribution in [-0.4, -0.2) is 15.0 Å². The van der Waals surface area contributed by atoms with Gasteiger partial charge in [0.15, 0.2) is 17.5 Å². The third kappa shape index (κ3) is 4.24. The lowest BCUT2D eigenvalue weighted by molar-refractivity contribution is 0.659. The molecule has 6 aromatic carbocycles. The van der Waals surface area contributed by atoms with E-state index in [4.69, 9.17) is 15.0 Å². The summed E-state index contributed by atoms with van der Waals surface area (Å²) >= 11 is 0. The van der Waals surface area contributed by atoms with E-state index in [0.29, 0.717) is 17.5 Å². The van der Waals surface area contributed by atoms with Gasteiger partial charge in [-0.3, -0.25) is 0 Å². The highest BCUT2D eigenvalue weighted by molar-refractivity contribution is 5.95. The molecule has 0 spiro atoms. The summed E-state index contributed by atoms with van der Waals surface area (Å²) in [6, 6.07) is 49.8. The van der Waals surface area contributed by atoms with Crippen molar-refractivity contribution in [3.63, 3.8) is 0 Å². The molecule has 48 heavy (non-hydrogen) atoms. The minimum Gasteiger partial charge on any atom is -0.208 e. The van der Waals surface area contributed by atoms with Crippen LogP contribution in [-0.2, 0) is 10.8 Å². The van der Waals surface area contributed by atoms with Crippen LogP contribution in [0, 0.1) is 0 Å². The first kappa shape index (κ1) is 28.5. The Morgan fingerprint density at radius 2 is 0.812 bits per heavy atom. The van der Waals surface area contributed by atoms with E-state index in [1.54, 1.807) is 0 Å². The molecule has 1 heterocycles. The molecule has 0 aliphatic heterocycles. The second-order valence-corrected chi connectivity index (χ2v) is 14.1. The molecule has 3 nitrogen and oxygen atoms in total. The van der Waals surface area contributed by atoms with Gasteiger partial charge in [0.25, 0.3) is 0 Å². The van der Waals surface area contributed by atoms with E-state index in [-0.39, 0.29) is 10.8 Å². The fourth-order valence-electron chi connectivity index (χ4n) is 7.97. The van der Waals surface area contributed by atoms with Gasteiger partial charge in [-0.05, 0) is 73.8 Å². The van der Waals surface area contributed by atoms with E-state index in [2.05, 4.69) is 131 Å². The van der Waals surface area contributed by atoms with E-state index in [9.17, 15) is 0 Å². The van der Waals surface area contributed by atoms with Crippen molar-refractivity contribution >= 4 is 0 Å². The molecule has 0 N–H and O–H groups in total. The summed E-state index contributed by atoms with van der Waals surface area (Å²) in [5.41, 5.74) is 15.5. The Balaban J connectivity index is 1.31. The summed E-state index contributed by atoms with van der Waals surface area (Å²) in [6.07, 6.45) is 0. The van der Waals surface area contributed by atoms with Crippen molar-refractivity contribution in [3.05, 3.63) is 162 Å². The average Bonchev–Trinajstić information content (AvgIpc) is 3.51. The molecule has 0 unspecified atom stereocenters. The Kier molecular flexibility index (Phi) is 6.20. The normalized spacial score (nSPS) is 14.6. The summed E-state index contributed by atoms with van der Waals surface area (Å²) in [5.74, 6) is 2.02. The summed E-state index contributed by atoms with van der Waals surface area (Å²) in [5, 5.41) is 0. The lowest BCUT2D eigenvalue weighted by Gasteiger charge is -2.24. The van der Waals surface area contributed by atoms with Gasteiger partial charge in [0.1, 0.15) is 0 Å². The van der Waals surface area contributed by atoms with Crippen LogP contribution >= 0.6 is 0 Å². The zero-order valence-electron chi connectivity index (χ0n) is 27.6. The Hall–Kier alpha value is -5.67. The first-order valence-corrected chi connectivity index (χ1v) is 16.7. The molecule has 230 valence electrons. The zero-order chi connectivity index (χ0) is 32.6. The van der Waals surface area contributed by atoms with Crippen LogP contribution in [0.25, 0.3) is 67.5 Å². The van der Waals surface area contributed by atoms with E-state index in [0.717, 1.165) is 16.7 Å². The van der Waals surface area contributed by atoms with Crippen LogP contribution in [0.2, 0.25) is 0 Å². The van der Waals surface area contributed by atoms with Gasteiger partial charge in [0.05, 0.1) is 0 Å². The highest BCUT2D eigenvalue weighted by atomic mass is 15.0. The van der Waals surface area contributed by atoms with E-state index in [1.165, 1.54) is 55.6 Å². The Morgan fingerprint density at radius 1 is 0.333 bits per heavy atom. The molecule has 2 aliphatic rings. The predicted octanol–water partition coefficient (Wildman–Crippen LogP) is 11.2. The molecule has 0 saturated heterocycles. The number of fused-ring (bicyclic) bond motifs is 6. The zero-order valence-corrected chi connectivity index (χ0v) is 27.6. The number of nitrogens with zero attached hydrogens (tertiary/aromatic N) is 3. The van der Waals surface area contributed by atoms with Crippen LogP contribution < -0.4 is 0 Å². The lowest BCUT2D eigenvalue weighted by atomic mass is 9.79. The van der Waals surface area contributed by atoms with Gasteiger partial charge in [0.2, 0.25) is 0 Å². The molecule has 0 bridgehead atoms. The lowest BCUT2D eigenvalue weighted by Crippen LogP contribution is -2.15. The molecule has 0 saturated carbocycles. The van der Waals surface area contributed by atoms with Crippen molar-refractivity contribution in [1.82, 2.24) is 15.0 Å². The third-order valence-corrected chi connectivity index (χ3v) is 10.5. The third-order valence-electron chi connectivity index (χ3n) is 10.5. The van der Waals surface area contributed by atoms with Crippen molar-refractivity contribution in [3.8, 4) is 67.5 Å². The Labute approximate surface area is 282 Å². The number of aromatic nitrogens is 3. The smallest absolute Gasteiger partial charge is 0.164 e. The minimum absolute atomic E-state index is 0.0830. The number of hydrogen-bond acceptors (Lipinski definition) is 3. The fraction of sp³-hybridized carbons (Fsp3) is 0.133. The van der Waals surface area contributed by atoms with Gasteiger partial charge in [-0.15, -0.1) is 0 Å². The van der Waals surface area contributed by atoms with Gasteiger partial charge in [0, 0.05) is 27.5 Å². The monoisotopic (exact) mass is 617 g/mol. The maximum absolute atomic E-state index is 5.22. The SMILES string of the molecule is CC1(C)c2ccccc2-c2ccc(-c3cc(-c4nc(-c5ccccc5)nc(-c5ccccc5)n4)c4c(c3)C(C)(C)c3ccccc3-4)cc21. The highest BCUT2D eigenvalue weighted by Gasteiger charge is 2.39. The summed E-state index contributed by atoms with van der Waals surface area (Å²) in [6.45, 7) is 9.37. The standard InChI is InChI=1S/C45H35N3/c1-44(2)36-21-13-11-19-32(36)33-24-23-30(26-38(33)44)31-25-35(40-34-20-12-14-22-37(34)45(3,4)39(40)27-31)43-47-41(28-15-7-5-8-16-28)46-42(48-43)29-17-9-6-10-18-29/h5-27H,1-4H3. The van der Waals surface area contributed by atoms with Gasteiger partial charge < -0.3 is 0 Å². The van der Waals surface area contributed by atoms with E-state index in [1.807, 2.05) is 36.4 Å². The van der Waals surface area contributed by atoms with Crippen molar-refractivity contribution < 1.29 is 0 Å². The van der Waals surface area contributed by atoms with Crippen LogP contribution in [0.1, 0.15) is 49.9 Å². The first-order valence-electron chi connectivity index (χ1n) is 16.7. The molecule has 3 heteroatoms. The molecule has 0 fully saturated rings. The van der Waals surface area contributed by atoms with Crippen molar-refractivity contribution in [2.24, 2.45) is 0 Å². The Morgan fingerprint density at radius 3 is 1.46 bits per heavy atom. The van der Waals surface area contributed by atoms with Gasteiger partial charge in [-0.25, -0.2) is 15.0 Å². The van der Waals surface area contributed by atoms with Crippen LogP contribution in [0.5, 0.6) is 0 Å². The van der Waals surface area contributed by atoms with Crippen LogP contribution in [0.3, 0.4) is 0 Å². The van der Waals surface area contributed by atoms with Crippen molar-refractivity contribution in [2.45, 2.75) is 38.5 Å². The summed E-state index contributed by atoms with van der Waals surface area (Å²) in [7, 11) is 0. The molecule has 2 aliphatic carbocycles. The first-order chi connectivity index (χ1) is 23.3. The molecular formula is C45H35N3. The molecule has 0 atom stereocenters.